The van der Waals surface area contributed by atoms with Crippen molar-refractivity contribution in [2.45, 2.75) is 12.0 Å². The topological polar surface area (TPSA) is 92.8 Å². The monoisotopic (exact) mass is 335 g/mol. The molecule has 0 unspecified atom stereocenters. The zero-order valence-corrected chi connectivity index (χ0v) is 14.0. The summed E-state index contributed by atoms with van der Waals surface area (Å²) >= 11 is 0. The lowest BCUT2D eigenvalue weighted by Crippen LogP contribution is -2.24. The van der Waals surface area contributed by atoms with Crippen molar-refractivity contribution in [1.82, 2.24) is 25.2 Å². The number of hydrogen-bond acceptors (Lipinski definition) is 7. The van der Waals surface area contributed by atoms with Crippen molar-refractivity contribution in [3.8, 4) is 6.07 Å². The predicted octanol–water partition coefficient (Wildman–Crippen LogP) is 1.25. The van der Waals surface area contributed by atoms with Gasteiger partial charge in [0.05, 0.1) is 28.9 Å². The van der Waals surface area contributed by atoms with Gasteiger partial charge in [0.15, 0.2) is 5.69 Å². The van der Waals surface area contributed by atoms with Crippen molar-refractivity contribution < 1.29 is 4.74 Å². The molecule has 1 aliphatic rings. The molecule has 3 aromatic rings. The predicted molar refractivity (Wildman–Crippen MR) is 91.0 cm³/mol. The Labute approximate surface area is 144 Å². The summed E-state index contributed by atoms with van der Waals surface area (Å²) in [4.78, 5) is 2.14. The lowest BCUT2D eigenvalue weighted by Gasteiger charge is -2.20. The number of hydrogen-bond donors (Lipinski definition) is 0. The zero-order chi connectivity index (χ0) is 17.4. The molecule has 1 aliphatic heterocycles. The molecule has 0 N–H and O–H groups in total. The molecule has 8 heteroatoms. The van der Waals surface area contributed by atoms with Crippen LogP contribution in [0.3, 0.4) is 0 Å². The Kier molecular flexibility index (Phi) is 3.78. The van der Waals surface area contributed by atoms with E-state index in [2.05, 4.69) is 31.5 Å². The second-order valence-electron chi connectivity index (χ2n) is 6.13. The van der Waals surface area contributed by atoms with Gasteiger partial charge in [-0.25, -0.2) is 0 Å². The summed E-state index contributed by atoms with van der Waals surface area (Å²) in [6, 6.07) is 9.89. The van der Waals surface area contributed by atoms with Gasteiger partial charge in [-0.1, -0.05) is 23.4 Å². The lowest BCUT2D eigenvalue weighted by atomic mass is 10.0. The first kappa shape index (κ1) is 15.5. The maximum atomic E-state index is 9.51. The van der Waals surface area contributed by atoms with Crippen LogP contribution in [0, 0.1) is 11.3 Å². The largest absolute Gasteiger partial charge is 0.379 e. The maximum Gasteiger partial charge on any atom is 0.187 e. The number of aryl methyl sites for hydroxylation is 1. The average molecular weight is 335 g/mol. The van der Waals surface area contributed by atoms with E-state index in [1.54, 1.807) is 11.8 Å². The first-order chi connectivity index (χ1) is 12.2. The number of rotatable bonds is 3. The smallest absolute Gasteiger partial charge is 0.187 e. The molecule has 2 aromatic heterocycles. The molecule has 4 rings (SSSR count). The van der Waals surface area contributed by atoms with Crippen molar-refractivity contribution in [1.29, 1.82) is 5.26 Å². The molecule has 0 radical (unpaired) electrons. The van der Waals surface area contributed by atoms with Gasteiger partial charge in [0.1, 0.15) is 6.07 Å². The standard InChI is InChI=1S/C17H17N7O/c1-23-9-15(21-22-23)12-8-24(10-16(12)25-2)17-11-5-3-4-6-13(11)19-20-14(17)7-18/h3-6,9,12,16H,8,10H2,1-2H3/t12-,16+/m0/s1. The third-order valence-corrected chi connectivity index (χ3v) is 4.63. The molecule has 1 saturated heterocycles. The fourth-order valence-electron chi connectivity index (χ4n) is 3.45. The van der Waals surface area contributed by atoms with E-state index in [0.717, 1.165) is 22.3 Å². The summed E-state index contributed by atoms with van der Waals surface area (Å²) in [5.41, 5.74) is 2.80. The van der Waals surface area contributed by atoms with Crippen LogP contribution < -0.4 is 4.90 Å². The molecule has 3 heterocycles. The van der Waals surface area contributed by atoms with Crippen LogP contribution in [0.15, 0.2) is 30.5 Å². The highest BCUT2D eigenvalue weighted by molar-refractivity contribution is 5.93. The Balaban J connectivity index is 1.78. The number of anilines is 1. The Hall–Kier alpha value is -3.05. The van der Waals surface area contributed by atoms with Crippen LogP contribution in [0.25, 0.3) is 10.9 Å². The van der Waals surface area contributed by atoms with Crippen LogP contribution in [-0.4, -0.2) is 51.5 Å². The molecule has 2 atom stereocenters. The molecule has 0 spiro atoms. The number of nitriles is 1. The third kappa shape index (κ3) is 2.58. The number of nitrogens with zero attached hydrogens (tertiary/aromatic N) is 7. The van der Waals surface area contributed by atoms with Gasteiger partial charge in [0, 0.05) is 38.8 Å². The van der Waals surface area contributed by atoms with Gasteiger partial charge < -0.3 is 9.64 Å². The molecule has 0 saturated carbocycles. The maximum absolute atomic E-state index is 9.51. The molecule has 0 aliphatic carbocycles. The lowest BCUT2D eigenvalue weighted by molar-refractivity contribution is 0.105. The SMILES string of the molecule is CO[C@@H]1CN(c2c(C#N)nnc3ccccc23)C[C@H]1c1cn(C)nn1. The van der Waals surface area contributed by atoms with E-state index in [9.17, 15) is 5.26 Å². The van der Waals surface area contributed by atoms with Crippen LogP contribution in [-0.2, 0) is 11.8 Å². The number of benzene rings is 1. The van der Waals surface area contributed by atoms with E-state index in [4.69, 9.17) is 4.74 Å². The molecule has 8 nitrogen and oxygen atoms in total. The highest BCUT2D eigenvalue weighted by atomic mass is 16.5. The van der Waals surface area contributed by atoms with Crippen LogP contribution in [0.5, 0.6) is 0 Å². The second-order valence-corrected chi connectivity index (χ2v) is 6.13. The highest BCUT2D eigenvalue weighted by Crippen LogP contribution is 2.36. The van der Waals surface area contributed by atoms with Crippen LogP contribution in [0.1, 0.15) is 17.3 Å². The molecular weight excluding hydrogens is 318 g/mol. The fraction of sp³-hybridized carbons (Fsp3) is 0.353. The molecule has 126 valence electrons. The Morgan fingerprint density at radius 1 is 1.20 bits per heavy atom. The second kappa shape index (κ2) is 6.11. The van der Waals surface area contributed by atoms with Gasteiger partial charge in [0.2, 0.25) is 0 Å². The number of methoxy groups -OCH3 is 1. The van der Waals surface area contributed by atoms with Gasteiger partial charge in [0.25, 0.3) is 0 Å². The Morgan fingerprint density at radius 3 is 2.76 bits per heavy atom. The summed E-state index contributed by atoms with van der Waals surface area (Å²) in [6.07, 6.45) is 1.88. The Morgan fingerprint density at radius 2 is 2.04 bits per heavy atom. The fourth-order valence-corrected chi connectivity index (χ4v) is 3.45. The van der Waals surface area contributed by atoms with E-state index < -0.39 is 0 Å². The minimum Gasteiger partial charge on any atom is -0.379 e. The van der Waals surface area contributed by atoms with Gasteiger partial charge in [-0.05, 0) is 6.07 Å². The van der Waals surface area contributed by atoms with E-state index in [1.807, 2.05) is 37.5 Å². The molecule has 0 amide bonds. The average Bonchev–Trinajstić information content (AvgIpc) is 3.26. The molecule has 0 bridgehead atoms. The van der Waals surface area contributed by atoms with Crippen molar-refractivity contribution in [2.24, 2.45) is 7.05 Å². The molecule has 1 fully saturated rings. The third-order valence-electron chi connectivity index (χ3n) is 4.63. The van der Waals surface area contributed by atoms with Gasteiger partial charge in [-0.15, -0.1) is 15.3 Å². The number of fused-ring (bicyclic) bond motifs is 1. The van der Waals surface area contributed by atoms with Gasteiger partial charge in [-0.2, -0.15) is 5.26 Å². The molecular formula is C17H17N7O. The minimum absolute atomic E-state index is 0.0322. The molecule has 25 heavy (non-hydrogen) atoms. The van der Waals surface area contributed by atoms with Crippen molar-refractivity contribution >= 4 is 16.6 Å². The summed E-state index contributed by atoms with van der Waals surface area (Å²) in [5, 5.41) is 26.9. The quantitative estimate of drug-likeness (QED) is 0.711. The van der Waals surface area contributed by atoms with Crippen molar-refractivity contribution in [2.75, 3.05) is 25.1 Å². The van der Waals surface area contributed by atoms with Crippen LogP contribution >= 0.6 is 0 Å². The molecule has 1 aromatic carbocycles. The summed E-state index contributed by atoms with van der Waals surface area (Å²) in [6.45, 7) is 1.34. The first-order valence-electron chi connectivity index (χ1n) is 8.00. The van der Waals surface area contributed by atoms with E-state index in [-0.39, 0.29) is 12.0 Å². The van der Waals surface area contributed by atoms with Gasteiger partial charge >= 0.3 is 0 Å². The number of aromatic nitrogens is 5. The first-order valence-corrected chi connectivity index (χ1v) is 8.00. The van der Waals surface area contributed by atoms with Gasteiger partial charge in [-0.3, -0.25) is 4.68 Å². The number of ether oxygens (including phenoxy) is 1. The van der Waals surface area contributed by atoms with Crippen LogP contribution in [0.2, 0.25) is 0 Å². The summed E-state index contributed by atoms with van der Waals surface area (Å²) in [7, 11) is 3.55. The zero-order valence-electron chi connectivity index (χ0n) is 14.0. The van der Waals surface area contributed by atoms with E-state index in [1.165, 1.54) is 0 Å². The van der Waals surface area contributed by atoms with Crippen LogP contribution in [0.4, 0.5) is 5.69 Å². The van der Waals surface area contributed by atoms with E-state index >= 15 is 0 Å². The van der Waals surface area contributed by atoms with E-state index in [0.29, 0.717) is 18.8 Å². The normalized spacial score (nSPS) is 20.1. The highest BCUT2D eigenvalue weighted by Gasteiger charge is 2.37. The summed E-state index contributed by atoms with van der Waals surface area (Å²) < 4.78 is 7.38. The Bertz CT molecular complexity index is 961. The summed E-state index contributed by atoms with van der Waals surface area (Å²) in [5.74, 6) is 0.0807. The van der Waals surface area contributed by atoms with Crippen molar-refractivity contribution in [3.63, 3.8) is 0 Å². The van der Waals surface area contributed by atoms with Crippen molar-refractivity contribution in [3.05, 3.63) is 41.9 Å². The minimum atomic E-state index is -0.0322.